The summed E-state index contributed by atoms with van der Waals surface area (Å²) in [7, 11) is 1.86. The fraction of sp³-hybridized carbons (Fsp3) is 0.533. The third kappa shape index (κ3) is 2.63. The van der Waals surface area contributed by atoms with Crippen LogP contribution >= 0.6 is 0 Å². The van der Waals surface area contributed by atoms with Gasteiger partial charge in [-0.2, -0.15) is 0 Å². The Morgan fingerprint density at radius 1 is 1.24 bits per heavy atom. The summed E-state index contributed by atoms with van der Waals surface area (Å²) < 4.78 is 1.70. The monoisotopic (exact) mass is 284 g/mol. The van der Waals surface area contributed by atoms with Crippen molar-refractivity contribution in [2.75, 3.05) is 18.4 Å². The van der Waals surface area contributed by atoms with Crippen molar-refractivity contribution in [3.8, 4) is 11.4 Å². The summed E-state index contributed by atoms with van der Waals surface area (Å²) in [4.78, 5) is 2.62. The number of hydrogen-bond acceptors (Lipinski definition) is 5. The molecule has 21 heavy (non-hydrogen) atoms. The Kier molecular flexibility index (Phi) is 3.11. The van der Waals surface area contributed by atoms with Gasteiger partial charge in [0.05, 0.1) is 0 Å². The molecule has 6 heteroatoms. The van der Waals surface area contributed by atoms with Gasteiger partial charge < -0.3 is 5.32 Å². The summed E-state index contributed by atoms with van der Waals surface area (Å²) in [5, 5.41) is 15.3. The average Bonchev–Trinajstić information content (AvgIpc) is 3.09. The molecule has 1 saturated heterocycles. The van der Waals surface area contributed by atoms with Crippen LogP contribution in [-0.2, 0) is 7.05 Å². The Hall–Kier alpha value is -1.95. The van der Waals surface area contributed by atoms with Crippen LogP contribution in [0.4, 0.5) is 5.69 Å². The highest BCUT2D eigenvalue weighted by Gasteiger charge is 2.34. The maximum atomic E-state index is 4.07. The Morgan fingerprint density at radius 3 is 2.90 bits per heavy atom. The van der Waals surface area contributed by atoms with E-state index in [-0.39, 0.29) is 0 Å². The Bertz CT molecular complexity index is 633. The number of nitrogens with zero attached hydrogens (tertiary/aromatic N) is 5. The molecule has 2 aliphatic rings. The van der Waals surface area contributed by atoms with E-state index in [1.807, 2.05) is 13.1 Å². The second-order valence-corrected chi connectivity index (χ2v) is 6.06. The SMILES string of the molecule is Cn1nnnc1-c1cccc(NC2CCN(C3CC3)C2)c1. The zero-order valence-electron chi connectivity index (χ0n) is 12.2. The lowest BCUT2D eigenvalue weighted by Crippen LogP contribution is -2.27. The lowest BCUT2D eigenvalue weighted by molar-refractivity contribution is 0.326. The molecule has 0 spiro atoms. The largest absolute Gasteiger partial charge is 0.381 e. The van der Waals surface area contributed by atoms with Crippen molar-refractivity contribution in [2.45, 2.75) is 31.3 Å². The maximum Gasteiger partial charge on any atom is 0.181 e. The van der Waals surface area contributed by atoms with Crippen LogP contribution in [0.15, 0.2) is 24.3 Å². The van der Waals surface area contributed by atoms with Gasteiger partial charge in [0.25, 0.3) is 0 Å². The van der Waals surface area contributed by atoms with E-state index in [1.54, 1.807) is 4.68 Å². The Balaban J connectivity index is 1.47. The number of aryl methyl sites for hydroxylation is 1. The van der Waals surface area contributed by atoms with Crippen molar-refractivity contribution in [3.63, 3.8) is 0 Å². The number of anilines is 1. The van der Waals surface area contributed by atoms with E-state index in [2.05, 4.69) is 43.9 Å². The molecule has 1 aromatic carbocycles. The molecule has 1 saturated carbocycles. The number of hydrogen-bond donors (Lipinski definition) is 1. The second-order valence-electron chi connectivity index (χ2n) is 6.06. The summed E-state index contributed by atoms with van der Waals surface area (Å²) in [6.45, 7) is 2.40. The van der Waals surface area contributed by atoms with Crippen molar-refractivity contribution < 1.29 is 0 Å². The number of aromatic nitrogens is 4. The van der Waals surface area contributed by atoms with Crippen LogP contribution in [-0.4, -0.2) is 50.3 Å². The van der Waals surface area contributed by atoms with E-state index < -0.39 is 0 Å². The minimum atomic E-state index is 0.554. The molecular weight excluding hydrogens is 264 g/mol. The Morgan fingerprint density at radius 2 is 2.14 bits per heavy atom. The van der Waals surface area contributed by atoms with Crippen LogP contribution in [0, 0.1) is 0 Å². The van der Waals surface area contributed by atoms with Gasteiger partial charge in [0, 0.05) is 43.5 Å². The summed E-state index contributed by atoms with van der Waals surface area (Å²) in [6.07, 6.45) is 4.01. The minimum Gasteiger partial charge on any atom is -0.381 e. The van der Waals surface area contributed by atoms with Gasteiger partial charge in [-0.15, -0.1) is 5.10 Å². The molecule has 0 amide bonds. The molecular formula is C15H20N6. The van der Waals surface area contributed by atoms with Gasteiger partial charge in [0.1, 0.15) is 0 Å². The molecule has 0 bridgehead atoms. The molecule has 1 aromatic heterocycles. The quantitative estimate of drug-likeness (QED) is 0.922. The standard InChI is InChI=1S/C15H20N6/c1-20-15(17-18-19-20)11-3-2-4-12(9-11)16-13-7-8-21(10-13)14-5-6-14/h2-4,9,13-14,16H,5-8,10H2,1H3. The molecule has 1 atom stereocenters. The zero-order valence-corrected chi connectivity index (χ0v) is 12.2. The molecule has 1 aliphatic heterocycles. The van der Waals surface area contributed by atoms with Crippen LogP contribution in [0.2, 0.25) is 0 Å². The van der Waals surface area contributed by atoms with Crippen molar-refractivity contribution >= 4 is 5.69 Å². The number of benzene rings is 1. The van der Waals surface area contributed by atoms with E-state index >= 15 is 0 Å². The lowest BCUT2D eigenvalue weighted by atomic mass is 10.1. The predicted octanol–water partition coefficient (Wildman–Crippen LogP) is 1.53. The average molecular weight is 284 g/mol. The van der Waals surface area contributed by atoms with E-state index in [0.717, 1.165) is 23.1 Å². The lowest BCUT2D eigenvalue weighted by Gasteiger charge is -2.17. The zero-order chi connectivity index (χ0) is 14.2. The number of tetrazole rings is 1. The van der Waals surface area contributed by atoms with E-state index in [4.69, 9.17) is 0 Å². The fourth-order valence-corrected chi connectivity index (χ4v) is 3.13. The van der Waals surface area contributed by atoms with Crippen molar-refractivity contribution in [2.24, 2.45) is 7.05 Å². The molecule has 110 valence electrons. The normalized spacial score (nSPS) is 22.6. The molecule has 1 N–H and O–H groups in total. The summed E-state index contributed by atoms with van der Waals surface area (Å²) in [5.74, 6) is 0.796. The Labute approximate surface area is 124 Å². The molecule has 1 aliphatic carbocycles. The second kappa shape index (κ2) is 5.11. The first-order valence-electron chi connectivity index (χ1n) is 7.63. The van der Waals surface area contributed by atoms with Crippen LogP contribution in [0.25, 0.3) is 11.4 Å². The van der Waals surface area contributed by atoms with Gasteiger partial charge in [0.2, 0.25) is 0 Å². The highest BCUT2D eigenvalue weighted by molar-refractivity contribution is 5.62. The van der Waals surface area contributed by atoms with Gasteiger partial charge in [-0.3, -0.25) is 4.90 Å². The summed E-state index contributed by atoms with van der Waals surface area (Å²) >= 11 is 0. The van der Waals surface area contributed by atoms with Gasteiger partial charge in [-0.25, -0.2) is 4.68 Å². The molecule has 4 rings (SSSR count). The van der Waals surface area contributed by atoms with Crippen LogP contribution in [0.3, 0.4) is 0 Å². The highest BCUT2D eigenvalue weighted by Crippen LogP contribution is 2.31. The first-order chi connectivity index (χ1) is 10.3. The molecule has 2 aromatic rings. The molecule has 0 radical (unpaired) electrons. The molecule has 2 heterocycles. The molecule has 1 unspecified atom stereocenters. The minimum absolute atomic E-state index is 0.554. The summed E-state index contributed by atoms with van der Waals surface area (Å²) in [6, 6.07) is 9.77. The third-order valence-corrected chi connectivity index (χ3v) is 4.39. The van der Waals surface area contributed by atoms with E-state index in [1.165, 1.54) is 32.4 Å². The first kappa shape index (κ1) is 12.8. The van der Waals surface area contributed by atoms with Gasteiger partial charge in [-0.1, -0.05) is 12.1 Å². The third-order valence-electron chi connectivity index (χ3n) is 4.39. The number of nitrogens with one attached hydrogen (secondary N) is 1. The first-order valence-corrected chi connectivity index (χ1v) is 7.63. The van der Waals surface area contributed by atoms with Crippen LogP contribution in [0.5, 0.6) is 0 Å². The van der Waals surface area contributed by atoms with Crippen molar-refractivity contribution in [1.29, 1.82) is 0 Å². The van der Waals surface area contributed by atoms with E-state index in [9.17, 15) is 0 Å². The predicted molar refractivity (Wildman–Crippen MR) is 80.9 cm³/mol. The summed E-state index contributed by atoms with van der Waals surface area (Å²) in [5.41, 5.74) is 2.20. The van der Waals surface area contributed by atoms with Crippen molar-refractivity contribution in [3.05, 3.63) is 24.3 Å². The molecule has 6 nitrogen and oxygen atoms in total. The topological polar surface area (TPSA) is 58.9 Å². The smallest absolute Gasteiger partial charge is 0.181 e. The van der Waals surface area contributed by atoms with E-state index in [0.29, 0.717) is 6.04 Å². The maximum absolute atomic E-state index is 4.07. The highest BCUT2D eigenvalue weighted by atomic mass is 15.5. The van der Waals surface area contributed by atoms with Crippen LogP contribution in [0.1, 0.15) is 19.3 Å². The van der Waals surface area contributed by atoms with Gasteiger partial charge in [-0.05, 0) is 41.8 Å². The molecule has 2 fully saturated rings. The van der Waals surface area contributed by atoms with Gasteiger partial charge in [0.15, 0.2) is 5.82 Å². The fourth-order valence-electron chi connectivity index (χ4n) is 3.13. The van der Waals surface area contributed by atoms with Crippen LogP contribution < -0.4 is 5.32 Å². The van der Waals surface area contributed by atoms with Gasteiger partial charge >= 0.3 is 0 Å². The number of likely N-dealkylation sites (tertiary alicyclic amines) is 1. The van der Waals surface area contributed by atoms with Crippen molar-refractivity contribution in [1.82, 2.24) is 25.1 Å². The number of rotatable bonds is 4.